The Labute approximate surface area is 397 Å². The van der Waals surface area contributed by atoms with Gasteiger partial charge in [0, 0.05) is 44.7 Å². The summed E-state index contributed by atoms with van der Waals surface area (Å²) in [5, 5.41) is 7.35. The topological polar surface area (TPSA) is 56.5 Å². The summed E-state index contributed by atoms with van der Waals surface area (Å²) >= 11 is 0. The highest BCUT2D eigenvalue weighted by atomic mass is 15.0. The molecule has 0 aliphatic carbocycles. The number of fused-ring (bicyclic) bond motifs is 5. The molecule has 0 unspecified atom stereocenters. The van der Waals surface area contributed by atoms with E-state index in [1.54, 1.807) is 6.20 Å². The van der Waals surface area contributed by atoms with Crippen LogP contribution in [-0.4, -0.2) is 24.5 Å². The SMILES string of the molecule is CCCc1ccc2ccccc2c1-c1cc2c3ccccc3n(-c3cccc4cc(-c5nc(-c6ccccc6)nc(-c6ccc(-c7ccccc7)cc6)n5)ccc34)c2cc1C.Cc1ccccn1. The zero-order chi connectivity index (χ0) is 46.0. The van der Waals surface area contributed by atoms with Gasteiger partial charge in [0.2, 0.25) is 0 Å². The summed E-state index contributed by atoms with van der Waals surface area (Å²) in [6.07, 6.45) is 3.92. The van der Waals surface area contributed by atoms with Gasteiger partial charge in [0.1, 0.15) is 0 Å². The summed E-state index contributed by atoms with van der Waals surface area (Å²) in [5.74, 6) is 1.92. The summed E-state index contributed by atoms with van der Waals surface area (Å²) in [7, 11) is 0. The van der Waals surface area contributed by atoms with E-state index in [1.165, 1.54) is 60.4 Å². The van der Waals surface area contributed by atoms with Crippen molar-refractivity contribution in [2.24, 2.45) is 0 Å². The van der Waals surface area contributed by atoms with Crippen molar-refractivity contribution in [3.05, 3.63) is 235 Å². The van der Waals surface area contributed by atoms with Crippen LogP contribution < -0.4 is 0 Å². The molecule has 3 aromatic heterocycles. The first kappa shape index (κ1) is 42.1. The largest absolute Gasteiger partial charge is 0.309 e. The van der Waals surface area contributed by atoms with Crippen molar-refractivity contribution in [1.82, 2.24) is 24.5 Å². The second-order valence-corrected chi connectivity index (χ2v) is 17.4. The van der Waals surface area contributed by atoms with Crippen molar-refractivity contribution >= 4 is 43.4 Å². The minimum atomic E-state index is 0.638. The van der Waals surface area contributed by atoms with Gasteiger partial charge in [-0.15, -0.1) is 0 Å². The van der Waals surface area contributed by atoms with Crippen molar-refractivity contribution in [3.8, 4) is 62.1 Å². The van der Waals surface area contributed by atoms with Crippen molar-refractivity contribution in [3.63, 3.8) is 0 Å². The van der Waals surface area contributed by atoms with E-state index < -0.39 is 0 Å². The molecule has 0 N–H and O–H groups in total. The molecule has 0 aliphatic heterocycles. The molecule has 9 aromatic carbocycles. The summed E-state index contributed by atoms with van der Waals surface area (Å²) in [4.78, 5) is 19.2. The monoisotopic (exact) mass is 875 g/mol. The molecular weight excluding hydrogens is 827 g/mol. The Hall–Kier alpha value is -8.54. The van der Waals surface area contributed by atoms with Gasteiger partial charge >= 0.3 is 0 Å². The highest BCUT2D eigenvalue weighted by Crippen LogP contribution is 2.42. The molecule has 326 valence electrons. The molecule has 0 spiro atoms. The lowest BCUT2D eigenvalue weighted by Gasteiger charge is -2.17. The van der Waals surface area contributed by atoms with E-state index in [0.29, 0.717) is 17.5 Å². The van der Waals surface area contributed by atoms with Crippen LogP contribution in [-0.2, 0) is 6.42 Å². The van der Waals surface area contributed by atoms with E-state index in [4.69, 9.17) is 15.0 Å². The number of pyridine rings is 1. The molecule has 12 aromatic rings. The maximum atomic E-state index is 5.11. The van der Waals surface area contributed by atoms with Gasteiger partial charge in [-0.25, -0.2) is 15.0 Å². The predicted molar refractivity (Wildman–Crippen MR) is 284 cm³/mol. The predicted octanol–water partition coefficient (Wildman–Crippen LogP) is 16.3. The lowest BCUT2D eigenvalue weighted by Crippen LogP contribution is -2.00. The van der Waals surface area contributed by atoms with Gasteiger partial charge in [-0.3, -0.25) is 4.98 Å². The Kier molecular flexibility index (Phi) is 11.4. The molecule has 0 fully saturated rings. The third kappa shape index (κ3) is 8.09. The smallest absolute Gasteiger partial charge is 0.164 e. The normalized spacial score (nSPS) is 11.3. The summed E-state index contributed by atoms with van der Waals surface area (Å²) in [5.41, 5.74) is 15.1. The first-order valence-electron chi connectivity index (χ1n) is 23.4. The number of para-hydroxylation sites is 1. The summed E-state index contributed by atoms with van der Waals surface area (Å²) in [6, 6.07) is 75.3. The molecule has 0 amide bonds. The average Bonchev–Trinajstić information content (AvgIpc) is 3.71. The van der Waals surface area contributed by atoms with Crippen LogP contribution >= 0.6 is 0 Å². The van der Waals surface area contributed by atoms with Crippen molar-refractivity contribution in [1.29, 1.82) is 0 Å². The molecule has 0 bridgehead atoms. The summed E-state index contributed by atoms with van der Waals surface area (Å²) in [6.45, 7) is 6.51. The molecule has 5 nitrogen and oxygen atoms in total. The molecule has 68 heavy (non-hydrogen) atoms. The highest BCUT2D eigenvalue weighted by Gasteiger charge is 2.20. The fourth-order valence-corrected chi connectivity index (χ4v) is 9.60. The van der Waals surface area contributed by atoms with Crippen LogP contribution in [0.5, 0.6) is 0 Å². The van der Waals surface area contributed by atoms with E-state index in [1.807, 2.05) is 49.4 Å². The maximum absolute atomic E-state index is 5.11. The van der Waals surface area contributed by atoms with Crippen LogP contribution in [0.2, 0.25) is 0 Å². The van der Waals surface area contributed by atoms with Crippen molar-refractivity contribution < 1.29 is 0 Å². The van der Waals surface area contributed by atoms with Crippen LogP contribution in [0.3, 0.4) is 0 Å². The van der Waals surface area contributed by atoms with Crippen LogP contribution in [0.25, 0.3) is 105 Å². The van der Waals surface area contributed by atoms with Crippen LogP contribution in [0.1, 0.15) is 30.2 Å². The molecule has 0 saturated heterocycles. The molecule has 0 radical (unpaired) electrons. The molecule has 12 rings (SSSR count). The Morgan fingerprint density at radius 2 is 1.01 bits per heavy atom. The molecule has 0 atom stereocenters. The van der Waals surface area contributed by atoms with E-state index in [2.05, 4.69) is 193 Å². The van der Waals surface area contributed by atoms with Gasteiger partial charge in [0.05, 0.1) is 16.7 Å². The third-order valence-corrected chi connectivity index (χ3v) is 12.9. The first-order chi connectivity index (χ1) is 33.5. The van der Waals surface area contributed by atoms with E-state index in [-0.39, 0.29) is 0 Å². The zero-order valence-corrected chi connectivity index (χ0v) is 38.4. The standard InChI is InChI=1S/C57H42N4.C6H7N/c1-3-15-41-29-28-40-18-10-11-22-47(40)54(41)49-36-50-48-23-12-13-24-52(48)61(53(50)34-37(49)2)51-25-14-21-44-35-45(32-33-46(44)51)57-59-55(42-19-8-5-9-20-42)58-56(60-57)43-30-26-39(27-31-43)38-16-6-4-7-17-38;1-6-4-2-3-5-7-6/h4-14,16-36H,3,15H2,1-2H3;2-5H,1H3. The molecule has 0 saturated carbocycles. The Balaban J connectivity index is 0.000000667. The number of aromatic nitrogens is 5. The second-order valence-electron chi connectivity index (χ2n) is 17.4. The molecule has 0 aliphatic rings. The van der Waals surface area contributed by atoms with Gasteiger partial charge in [-0.05, 0) is 112 Å². The van der Waals surface area contributed by atoms with Crippen LogP contribution in [0, 0.1) is 13.8 Å². The second kappa shape index (κ2) is 18.4. The number of benzene rings is 9. The van der Waals surface area contributed by atoms with Gasteiger partial charge in [-0.1, -0.05) is 183 Å². The minimum Gasteiger partial charge on any atom is -0.309 e. The molecule has 3 heterocycles. The van der Waals surface area contributed by atoms with E-state index in [0.717, 1.165) is 57.2 Å². The van der Waals surface area contributed by atoms with Gasteiger partial charge < -0.3 is 4.57 Å². The van der Waals surface area contributed by atoms with E-state index >= 15 is 0 Å². The van der Waals surface area contributed by atoms with Gasteiger partial charge in [-0.2, -0.15) is 0 Å². The average molecular weight is 876 g/mol. The van der Waals surface area contributed by atoms with Crippen LogP contribution in [0.4, 0.5) is 0 Å². The minimum absolute atomic E-state index is 0.638. The number of rotatable bonds is 8. The fraction of sp³-hybridized carbons (Fsp3) is 0.0794. The van der Waals surface area contributed by atoms with E-state index in [9.17, 15) is 0 Å². The number of aryl methyl sites for hydroxylation is 3. The lowest BCUT2D eigenvalue weighted by molar-refractivity contribution is 0.925. The Morgan fingerprint density at radius 3 is 1.72 bits per heavy atom. The van der Waals surface area contributed by atoms with Crippen molar-refractivity contribution in [2.45, 2.75) is 33.6 Å². The number of nitrogens with zero attached hydrogens (tertiary/aromatic N) is 5. The Morgan fingerprint density at radius 1 is 0.412 bits per heavy atom. The number of hydrogen-bond acceptors (Lipinski definition) is 4. The summed E-state index contributed by atoms with van der Waals surface area (Å²) < 4.78 is 2.45. The molecular formula is C63H49N5. The van der Waals surface area contributed by atoms with Gasteiger partial charge in [0.25, 0.3) is 0 Å². The van der Waals surface area contributed by atoms with Gasteiger partial charge in [0.15, 0.2) is 17.5 Å². The van der Waals surface area contributed by atoms with Crippen molar-refractivity contribution in [2.75, 3.05) is 0 Å². The zero-order valence-electron chi connectivity index (χ0n) is 38.4. The highest BCUT2D eigenvalue weighted by molar-refractivity contribution is 6.13. The fourth-order valence-electron chi connectivity index (χ4n) is 9.60. The molecule has 5 heteroatoms. The quantitative estimate of drug-likeness (QED) is 0.153. The number of hydrogen-bond donors (Lipinski definition) is 0. The van der Waals surface area contributed by atoms with Crippen LogP contribution in [0.15, 0.2) is 219 Å². The lowest BCUT2D eigenvalue weighted by atomic mass is 9.88. The Bertz CT molecular complexity index is 3750. The first-order valence-corrected chi connectivity index (χ1v) is 23.4. The third-order valence-electron chi connectivity index (χ3n) is 12.9. The maximum Gasteiger partial charge on any atom is 0.164 e.